The van der Waals surface area contributed by atoms with Gasteiger partial charge < -0.3 is 5.21 Å². The molecule has 0 bridgehead atoms. The second-order valence-corrected chi connectivity index (χ2v) is 6.04. The van der Waals surface area contributed by atoms with Gasteiger partial charge in [0.25, 0.3) is 0 Å². The number of halogens is 2. The molecule has 21 heavy (non-hydrogen) atoms. The molecule has 1 N–H and O–H groups in total. The summed E-state index contributed by atoms with van der Waals surface area (Å²) in [7, 11) is 0. The van der Waals surface area contributed by atoms with Crippen molar-refractivity contribution in [2.24, 2.45) is 5.16 Å². The summed E-state index contributed by atoms with van der Waals surface area (Å²) in [6.07, 6.45) is 4.58. The Balaban J connectivity index is 2.09. The van der Waals surface area contributed by atoms with Crippen LogP contribution in [0.1, 0.15) is 30.5 Å². The highest BCUT2D eigenvalue weighted by molar-refractivity contribution is 6.42. The first-order chi connectivity index (χ1) is 10.2. The average molecular weight is 321 g/mol. The number of aromatic nitrogens is 1. The van der Waals surface area contributed by atoms with E-state index in [4.69, 9.17) is 23.2 Å². The van der Waals surface area contributed by atoms with Crippen LogP contribution < -0.4 is 0 Å². The Labute approximate surface area is 133 Å². The maximum atomic E-state index is 9.55. The maximum absolute atomic E-state index is 9.55. The Morgan fingerprint density at radius 1 is 1.14 bits per heavy atom. The Morgan fingerprint density at radius 2 is 1.95 bits per heavy atom. The van der Waals surface area contributed by atoms with Gasteiger partial charge in [0.15, 0.2) is 0 Å². The lowest BCUT2D eigenvalue weighted by atomic mass is 9.61. The summed E-state index contributed by atoms with van der Waals surface area (Å²) < 4.78 is 0. The monoisotopic (exact) mass is 320 g/mol. The maximum Gasteiger partial charge on any atom is 0.116 e. The van der Waals surface area contributed by atoms with Gasteiger partial charge in [0, 0.05) is 11.6 Å². The van der Waals surface area contributed by atoms with Crippen molar-refractivity contribution in [2.45, 2.75) is 24.7 Å². The lowest BCUT2D eigenvalue weighted by Gasteiger charge is -2.42. The summed E-state index contributed by atoms with van der Waals surface area (Å²) in [6, 6.07) is 11.2. The summed E-state index contributed by atoms with van der Waals surface area (Å²) in [5, 5.41) is 14.1. The van der Waals surface area contributed by atoms with E-state index in [0.717, 1.165) is 24.8 Å². The predicted molar refractivity (Wildman–Crippen MR) is 84.6 cm³/mol. The van der Waals surface area contributed by atoms with Gasteiger partial charge in [-0.05, 0) is 42.7 Å². The quantitative estimate of drug-likeness (QED) is 0.506. The molecule has 1 aliphatic carbocycles. The summed E-state index contributed by atoms with van der Waals surface area (Å²) in [5.41, 5.74) is 1.96. The topological polar surface area (TPSA) is 45.5 Å². The molecule has 0 saturated heterocycles. The highest BCUT2D eigenvalue weighted by atomic mass is 35.5. The normalized spacial score (nSPS) is 17.3. The van der Waals surface area contributed by atoms with Crippen molar-refractivity contribution in [3.63, 3.8) is 0 Å². The second-order valence-electron chi connectivity index (χ2n) is 5.23. The molecule has 3 rings (SSSR count). The number of rotatable bonds is 3. The largest absolute Gasteiger partial charge is 0.411 e. The molecule has 108 valence electrons. The summed E-state index contributed by atoms with van der Waals surface area (Å²) in [6.45, 7) is 0. The highest BCUT2D eigenvalue weighted by Crippen LogP contribution is 2.47. The van der Waals surface area contributed by atoms with Crippen LogP contribution in [0.4, 0.5) is 0 Å². The molecule has 1 aromatic heterocycles. The molecule has 0 atom stereocenters. The zero-order chi connectivity index (χ0) is 14.9. The van der Waals surface area contributed by atoms with Crippen LogP contribution in [0, 0.1) is 0 Å². The number of oxime groups is 1. The molecular formula is C16H14Cl2N2O. The van der Waals surface area contributed by atoms with E-state index in [1.165, 1.54) is 0 Å². The van der Waals surface area contributed by atoms with Crippen molar-refractivity contribution in [1.82, 2.24) is 4.98 Å². The fraction of sp³-hybridized carbons (Fsp3) is 0.250. The van der Waals surface area contributed by atoms with Crippen molar-refractivity contribution < 1.29 is 5.21 Å². The molecule has 5 heteroatoms. The van der Waals surface area contributed by atoms with Crippen LogP contribution in [0.3, 0.4) is 0 Å². The molecular weight excluding hydrogens is 307 g/mol. The molecule has 1 saturated carbocycles. The van der Waals surface area contributed by atoms with Crippen molar-refractivity contribution in [1.29, 1.82) is 0 Å². The van der Waals surface area contributed by atoms with Crippen LogP contribution in [-0.4, -0.2) is 15.9 Å². The molecule has 0 aliphatic heterocycles. The smallest absolute Gasteiger partial charge is 0.116 e. The van der Waals surface area contributed by atoms with E-state index >= 15 is 0 Å². The van der Waals surface area contributed by atoms with Crippen LogP contribution in [0.5, 0.6) is 0 Å². The van der Waals surface area contributed by atoms with Gasteiger partial charge >= 0.3 is 0 Å². The molecule has 3 nitrogen and oxygen atoms in total. The van der Waals surface area contributed by atoms with E-state index in [-0.39, 0.29) is 5.41 Å². The highest BCUT2D eigenvalue weighted by Gasteiger charge is 2.45. The second kappa shape index (κ2) is 5.66. The molecule has 0 unspecified atom stereocenters. The van der Waals surface area contributed by atoms with Gasteiger partial charge in [0.2, 0.25) is 0 Å². The lowest BCUT2D eigenvalue weighted by Crippen LogP contribution is -2.43. The standard InChI is InChI=1S/C16H14Cl2N2O/c17-12-6-5-11(10-13(12)18)16(7-3-8-16)15(20-21)14-4-1-2-9-19-14/h1-2,4-6,9-10,21H,3,7-8H2. The lowest BCUT2D eigenvalue weighted by molar-refractivity contribution is 0.289. The van der Waals surface area contributed by atoms with Crippen LogP contribution in [0.15, 0.2) is 47.8 Å². The number of hydrogen-bond acceptors (Lipinski definition) is 3. The molecule has 0 radical (unpaired) electrons. The Bertz CT molecular complexity index is 682. The fourth-order valence-corrected chi connectivity index (χ4v) is 3.18. The van der Waals surface area contributed by atoms with Crippen molar-refractivity contribution in [3.05, 3.63) is 63.9 Å². The molecule has 0 spiro atoms. The van der Waals surface area contributed by atoms with Gasteiger partial charge in [-0.2, -0.15) is 0 Å². The third-order valence-electron chi connectivity index (χ3n) is 4.14. The zero-order valence-corrected chi connectivity index (χ0v) is 12.8. The number of nitrogens with zero attached hydrogens (tertiary/aromatic N) is 2. The molecule has 0 amide bonds. The molecule has 1 aliphatic rings. The predicted octanol–water partition coefficient (Wildman–Crippen LogP) is 4.69. The SMILES string of the molecule is ON=C(c1ccccn1)C1(c2ccc(Cl)c(Cl)c2)CCC1. The van der Waals surface area contributed by atoms with Gasteiger partial charge in [-0.3, -0.25) is 4.98 Å². The Morgan fingerprint density at radius 3 is 2.48 bits per heavy atom. The minimum Gasteiger partial charge on any atom is -0.411 e. The third-order valence-corrected chi connectivity index (χ3v) is 4.88. The first kappa shape index (κ1) is 14.4. The molecule has 1 fully saturated rings. The van der Waals surface area contributed by atoms with E-state index in [1.54, 1.807) is 12.3 Å². The van der Waals surface area contributed by atoms with Crippen LogP contribution >= 0.6 is 23.2 Å². The summed E-state index contributed by atoms with van der Waals surface area (Å²) >= 11 is 12.1. The van der Waals surface area contributed by atoms with E-state index in [9.17, 15) is 5.21 Å². The van der Waals surface area contributed by atoms with Crippen molar-refractivity contribution >= 4 is 28.9 Å². The first-order valence-electron chi connectivity index (χ1n) is 6.77. The summed E-state index contributed by atoms with van der Waals surface area (Å²) in [5.74, 6) is 0. The van der Waals surface area contributed by atoms with Crippen LogP contribution in [0.25, 0.3) is 0 Å². The van der Waals surface area contributed by atoms with E-state index < -0.39 is 0 Å². The van der Waals surface area contributed by atoms with Gasteiger partial charge in [-0.1, -0.05) is 46.9 Å². The first-order valence-corrected chi connectivity index (χ1v) is 7.52. The van der Waals surface area contributed by atoms with Crippen LogP contribution in [0.2, 0.25) is 10.0 Å². The number of benzene rings is 1. The fourth-order valence-electron chi connectivity index (χ4n) is 2.88. The van der Waals surface area contributed by atoms with Gasteiger partial charge in [0.1, 0.15) is 5.71 Å². The summed E-state index contributed by atoms with van der Waals surface area (Å²) in [4.78, 5) is 4.31. The number of pyridine rings is 1. The van der Waals surface area contributed by atoms with Gasteiger partial charge in [0.05, 0.1) is 15.7 Å². The third kappa shape index (κ3) is 2.41. The van der Waals surface area contributed by atoms with E-state index in [1.807, 2.05) is 30.3 Å². The zero-order valence-electron chi connectivity index (χ0n) is 11.3. The van der Waals surface area contributed by atoms with E-state index in [0.29, 0.717) is 21.5 Å². The Hall–Kier alpha value is -1.58. The molecule has 1 heterocycles. The Kier molecular flexibility index (Phi) is 3.87. The minimum atomic E-state index is -0.336. The number of hydrogen-bond donors (Lipinski definition) is 1. The van der Waals surface area contributed by atoms with Crippen molar-refractivity contribution in [3.8, 4) is 0 Å². The van der Waals surface area contributed by atoms with Gasteiger partial charge in [-0.25, -0.2) is 0 Å². The van der Waals surface area contributed by atoms with Crippen LogP contribution in [-0.2, 0) is 5.41 Å². The van der Waals surface area contributed by atoms with Crippen molar-refractivity contribution in [2.75, 3.05) is 0 Å². The molecule has 2 aromatic rings. The molecule has 1 aromatic carbocycles. The van der Waals surface area contributed by atoms with Gasteiger partial charge in [-0.15, -0.1) is 0 Å². The minimum absolute atomic E-state index is 0.336. The van der Waals surface area contributed by atoms with E-state index in [2.05, 4.69) is 10.1 Å². The average Bonchev–Trinajstić information content (AvgIpc) is 2.47.